The Morgan fingerprint density at radius 1 is 1.16 bits per heavy atom. The fourth-order valence-corrected chi connectivity index (χ4v) is 5.44. The number of H-pyrrole nitrogens is 1. The highest BCUT2D eigenvalue weighted by atomic mass is 19.1. The zero-order chi connectivity index (χ0) is 25.8. The molecule has 0 amide bonds. The molecule has 1 aliphatic rings. The molecular weight excluding hydrogens is 471 g/mol. The predicted octanol–water partition coefficient (Wildman–Crippen LogP) is 4.13. The molecule has 0 saturated carbocycles. The number of carbonyl (C=O) groups is 1. The summed E-state index contributed by atoms with van der Waals surface area (Å²) in [5.41, 5.74) is 4.48. The van der Waals surface area contributed by atoms with Gasteiger partial charge < -0.3 is 9.72 Å². The summed E-state index contributed by atoms with van der Waals surface area (Å²) in [4.78, 5) is 20.4. The lowest BCUT2D eigenvalue weighted by molar-refractivity contribution is -0.148. The molecule has 194 valence electrons. The van der Waals surface area contributed by atoms with E-state index in [9.17, 15) is 9.18 Å². The van der Waals surface area contributed by atoms with Gasteiger partial charge in [0.05, 0.1) is 7.11 Å². The van der Waals surface area contributed by atoms with Crippen LogP contribution in [0.15, 0.2) is 61.3 Å². The van der Waals surface area contributed by atoms with Crippen LogP contribution < -0.4 is 0 Å². The molecule has 0 bridgehead atoms. The average Bonchev–Trinajstić information content (AvgIpc) is 3.60. The maximum atomic E-state index is 13.7. The van der Waals surface area contributed by atoms with E-state index in [2.05, 4.69) is 49.4 Å². The van der Waals surface area contributed by atoms with Gasteiger partial charge in [0, 0.05) is 48.5 Å². The molecule has 0 spiro atoms. The number of ether oxygens (including phenoxy) is 1. The fourth-order valence-electron chi connectivity index (χ4n) is 5.44. The van der Waals surface area contributed by atoms with Crippen molar-refractivity contribution in [3.8, 4) is 5.69 Å². The number of esters is 1. The zero-order valence-electron chi connectivity index (χ0n) is 21.3. The number of hydrogen-bond donors (Lipinski definition) is 1. The second-order valence-corrected chi connectivity index (χ2v) is 9.56. The first kappa shape index (κ1) is 25.1. The van der Waals surface area contributed by atoms with Crippen molar-refractivity contribution in [2.24, 2.45) is 0 Å². The number of nitrogens with one attached hydrogen (secondary N) is 1. The number of halogens is 1. The van der Waals surface area contributed by atoms with Gasteiger partial charge in [-0.25, -0.2) is 4.39 Å². The van der Waals surface area contributed by atoms with E-state index in [1.54, 1.807) is 12.7 Å². The largest absolute Gasteiger partial charge is 0.468 e. The number of carbonyl (C=O) groups excluding carboxylic acids is 1. The number of nitrogens with zero attached hydrogens (tertiary/aromatic N) is 5. The van der Waals surface area contributed by atoms with Crippen LogP contribution in [0.25, 0.3) is 16.6 Å². The first-order valence-corrected chi connectivity index (χ1v) is 12.8. The minimum absolute atomic E-state index is 0.0800. The molecule has 9 heteroatoms. The number of hydrogen-bond acceptors (Lipinski definition) is 6. The topological polar surface area (TPSA) is 79.3 Å². The van der Waals surface area contributed by atoms with E-state index in [0.717, 1.165) is 49.2 Å². The standard InChI is InChI=1S/C28H33FN6O2/c1-3-26(28(36)37-2)34-14-13-33(27(17-34)20-6-8-22(29)9-7-20)12-4-5-21-16-30-25-11-10-23(15-24(21)25)35-18-31-32-19-35/h6-11,15-16,18-19,26-27,30H,3-5,12-14,17H2,1-2H3. The average molecular weight is 505 g/mol. The number of piperazine rings is 1. The third-order valence-electron chi connectivity index (χ3n) is 7.44. The summed E-state index contributed by atoms with van der Waals surface area (Å²) in [5, 5.41) is 9.03. The summed E-state index contributed by atoms with van der Waals surface area (Å²) in [7, 11) is 1.44. The van der Waals surface area contributed by atoms with Crippen molar-refractivity contribution in [3.05, 3.63) is 78.3 Å². The van der Waals surface area contributed by atoms with Crippen LogP contribution in [0.5, 0.6) is 0 Å². The fraction of sp³-hybridized carbons (Fsp3) is 0.393. The second kappa shape index (κ2) is 11.2. The van der Waals surface area contributed by atoms with E-state index in [1.807, 2.05) is 23.6 Å². The Balaban J connectivity index is 1.30. The van der Waals surface area contributed by atoms with E-state index in [-0.39, 0.29) is 23.9 Å². The highest BCUT2D eigenvalue weighted by Gasteiger charge is 2.34. The summed E-state index contributed by atoms with van der Waals surface area (Å²) < 4.78 is 20.6. The van der Waals surface area contributed by atoms with E-state index in [0.29, 0.717) is 13.0 Å². The van der Waals surface area contributed by atoms with Crippen LogP contribution in [0.3, 0.4) is 0 Å². The molecule has 1 saturated heterocycles. The quantitative estimate of drug-likeness (QED) is 0.345. The summed E-state index contributed by atoms with van der Waals surface area (Å²) in [6.45, 7) is 5.25. The summed E-state index contributed by atoms with van der Waals surface area (Å²) in [5.74, 6) is -0.437. The van der Waals surface area contributed by atoms with Crippen molar-refractivity contribution in [3.63, 3.8) is 0 Å². The van der Waals surface area contributed by atoms with Crippen LogP contribution in [-0.4, -0.2) is 74.8 Å². The van der Waals surface area contributed by atoms with Gasteiger partial charge in [-0.05, 0) is 67.3 Å². The van der Waals surface area contributed by atoms with Crippen molar-refractivity contribution in [1.29, 1.82) is 0 Å². The lowest BCUT2D eigenvalue weighted by atomic mass is 9.99. The molecule has 2 atom stereocenters. The Morgan fingerprint density at radius 2 is 1.95 bits per heavy atom. The van der Waals surface area contributed by atoms with Crippen molar-refractivity contribution in [2.75, 3.05) is 33.3 Å². The molecule has 0 aliphatic carbocycles. The van der Waals surface area contributed by atoms with Crippen LogP contribution in [0.1, 0.15) is 36.9 Å². The lowest BCUT2D eigenvalue weighted by Crippen LogP contribution is -2.54. The van der Waals surface area contributed by atoms with E-state index in [4.69, 9.17) is 4.74 Å². The number of methoxy groups -OCH3 is 1. The Hall–Kier alpha value is -3.56. The van der Waals surface area contributed by atoms with Crippen molar-refractivity contribution < 1.29 is 13.9 Å². The van der Waals surface area contributed by atoms with Crippen LogP contribution >= 0.6 is 0 Å². The molecule has 1 aliphatic heterocycles. The van der Waals surface area contributed by atoms with Gasteiger partial charge in [-0.2, -0.15) is 0 Å². The highest BCUT2D eigenvalue weighted by molar-refractivity contribution is 5.85. The van der Waals surface area contributed by atoms with Crippen LogP contribution in [0, 0.1) is 5.82 Å². The SMILES string of the molecule is CCC(C(=O)OC)N1CCN(CCCc2c[nH]c3ccc(-n4cnnc4)cc23)C(c2ccc(F)cc2)C1. The van der Waals surface area contributed by atoms with Crippen molar-refractivity contribution >= 4 is 16.9 Å². The van der Waals surface area contributed by atoms with Gasteiger partial charge in [0.15, 0.2) is 0 Å². The smallest absolute Gasteiger partial charge is 0.323 e. The molecular formula is C28H33FN6O2. The lowest BCUT2D eigenvalue weighted by Gasteiger charge is -2.44. The van der Waals surface area contributed by atoms with Gasteiger partial charge in [0.1, 0.15) is 24.5 Å². The minimum atomic E-state index is -0.263. The normalized spacial score (nSPS) is 17.8. The van der Waals surface area contributed by atoms with Crippen LogP contribution in [0.4, 0.5) is 4.39 Å². The number of aromatic nitrogens is 4. The molecule has 0 radical (unpaired) electrons. The Morgan fingerprint density at radius 3 is 2.68 bits per heavy atom. The maximum Gasteiger partial charge on any atom is 0.323 e. The van der Waals surface area contributed by atoms with Gasteiger partial charge >= 0.3 is 5.97 Å². The molecule has 1 N–H and O–H groups in total. The van der Waals surface area contributed by atoms with Crippen molar-refractivity contribution in [1.82, 2.24) is 29.5 Å². The zero-order valence-corrected chi connectivity index (χ0v) is 21.3. The molecule has 3 heterocycles. The van der Waals surface area contributed by atoms with E-state index in [1.165, 1.54) is 30.2 Å². The van der Waals surface area contributed by atoms with Crippen LogP contribution in [-0.2, 0) is 16.0 Å². The molecule has 8 nitrogen and oxygen atoms in total. The molecule has 2 aromatic carbocycles. The predicted molar refractivity (Wildman–Crippen MR) is 140 cm³/mol. The van der Waals surface area contributed by atoms with Gasteiger partial charge in [-0.1, -0.05) is 19.1 Å². The van der Waals surface area contributed by atoms with Gasteiger partial charge in [0.25, 0.3) is 0 Å². The molecule has 4 aromatic rings. The van der Waals surface area contributed by atoms with Gasteiger partial charge in [-0.15, -0.1) is 10.2 Å². The van der Waals surface area contributed by atoms with E-state index >= 15 is 0 Å². The molecule has 2 unspecified atom stereocenters. The monoisotopic (exact) mass is 504 g/mol. The minimum Gasteiger partial charge on any atom is -0.468 e. The number of fused-ring (bicyclic) bond motifs is 1. The second-order valence-electron chi connectivity index (χ2n) is 9.56. The number of aromatic amines is 1. The first-order valence-electron chi connectivity index (χ1n) is 12.8. The Bertz CT molecular complexity index is 1320. The molecule has 37 heavy (non-hydrogen) atoms. The molecule has 2 aromatic heterocycles. The molecule has 5 rings (SSSR count). The third-order valence-corrected chi connectivity index (χ3v) is 7.44. The summed E-state index contributed by atoms with van der Waals surface area (Å²) >= 11 is 0. The van der Waals surface area contributed by atoms with Gasteiger partial charge in [-0.3, -0.25) is 19.2 Å². The van der Waals surface area contributed by atoms with Crippen LogP contribution in [0.2, 0.25) is 0 Å². The van der Waals surface area contributed by atoms with Crippen molar-refractivity contribution in [2.45, 2.75) is 38.3 Å². The first-order chi connectivity index (χ1) is 18.1. The number of benzene rings is 2. The Labute approximate surface area is 216 Å². The number of aryl methyl sites for hydroxylation is 1. The Kier molecular flexibility index (Phi) is 7.62. The number of rotatable bonds is 9. The maximum absolute atomic E-state index is 13.7. The highest BCUT2D eigenvalue weighted by Crippen LogP contribution is 2.29. The third kappa shape index (κ3) is 5.42. The summed E-state index contributed by atoms with van der Waals surface area (Å²) in [6.07, 6.45) is 8.11. The van der Waals surface area contributed by atoms with E-state index < -0.39 is 0 Å². The molecule has 1 fully saturated rings. The summed E-state index contributed by atoms with van der Waals surface area (Å²) in [6, 6.07) is 12.9. The van der Waals surface area contributed by atoms with Gasteiger partial charge in [0.2, 0.25) is 0 Å².